The number of aromatic nitrogens is 2. The Balaban J connectivity index is 2.59. The molecule has 0 saturated carbocycles. The fourth-order valence-corrected chi connectivity index (χ4v) is 1.33. The van der Waals surface area contributed by atoms with E-state index in [1.165, 1.54) is 23.2 Å². The van der Waals surface area contributed by atoms with Crippen LogP contribution in [0.15, 0.2) is 36.8 Å². The molecule has 1 aromatic heterocycles. The third-order valence-corrected chi connectivity index (χ3v) is 2.03. The van der Waals surface area contributed by atoms with E-state index >= 15 is 0 Å². The van der Waals surface area contributed by atoms with E-state index in [2.05, 4.69) is 4.98 Å². The van der Waals surface area contributed by atoms with Crippen molar-refractivity contribution in [2.45, 2.75) is 0 Å². The summed E-state index contributed by atoms with van der Waals surface area (Å²) in [5.74, 6) is -0.520. The second kappa shape index (κ2) is 3.53. The molecule has 0 saturated heterocycles. The molecule has 0 atom stereocenters. The molecule has 0 aliphatic heterocycles. The number of rotatable bonds is 2. The Morgan fingerprint density at radius 2 is 2.13 bits per heavy atom. The molecule has 4 nitrogen and oxygen atoms in total. The zero-order valence-electron chi connectivity index (χ0n) is 7.81. The number of hydrogen-bond donors (Lipinski definition) is 2. The Hall–Kier alpha value is -2.17. The number of hydrogen-bond acceptors (Lipinski definition) is 2. The number of amidine groups is 1. The van der Waals surface area contributed by atoms with Crippen LogP contribution in [-0.2, 0) is 0 Å². The summed E-state index contributed by atoms with van der Waals surface area (Å²) in [4.78, 5) is 3.84. The van der Waals surface area contributed by atoms with Gasteiger partial charge in [-0.1, -0.05) is 12.1 Å². The molecular formula is C10H9FN4. The maximum absolute atomic E-state index is 13.4. The summed E-state index contributed by atoms with van der Waals surface area (Å²) in [5.41, 5.74) is 6.06. The number of benzene rings is 1. The minimum Gasteiger partial charge on any atom is -0.382 e. The van der Waals surface area contributed by atoms with Gasteiger partial charge in [0.05, 0.1) is 18.2 Å². The van der Waals surface area contributed by atoms with E-state index in [9.17, 15) is 4.39 Å². The van der Waals surface area contributed by atoms with Crippen molar-refractivity contribution in [3.63, 3.8) is 0 Å². The zero-order valence-corrected chi connectivity index (χ0v) is 7.81. The first kappa shape index (κ1) is 9.39. The topological polar surface area (TPSA) is 67.7 Å². The van der Waals surface area contributed by atoms with E-state index in [1.807, 2.05) is 0 Å². The summed E-state index contributed by atoms with van der Waals surface area (Å²) in [6.45, 7) is 0. The molecule has 1 heterocycles. The Bertz CT molecular complexity index is 504. The maximum atomic E-state index is 13.4. The number of nitrogens with one attached hydrogen (secondary N) is 1. The highest BCUT2D eigenvalue weighted by Crippen LogP contribution is 2.14. The average molecular weight is 204 g/mol. The molecule has 76 valence electrons. The molecule has 2 aromatic rings. The predicted molar refractivity (Wildman–Crippen MR) is 54.5 cm³/mol. The Labute approximate surface area is 85.7 Å². The second-order valence-electron chi connectivity index (χ2n) is 3.01. The molecule has 2 rings (SSSR count). The van der Waals surface area contributed by atoms with Gasteiger partial charge in [-0.15, -0.1) is 0 Å². The number of imidazole rings is 1. The highest BCUT2D eigenvalue weighted by atomic mass is 19.1. The van der Waals surface area contributed by atoms with Crippen LogP contribution in [0.1, 0.15) is 5.69 Å². The van der Waals surface area contributed by atoms with Gasteiger partial charge in [0.25, 0.3) is 0 Å². The lowest BCUT2D eigenvalue weighted by atomic mass is 10.3. The molecule has 1 aromatic carbocycles. The zero-order chi connectivity index (χ0) is 10.8. The molecule has 15 heavy (non-hydrogen) atoms. The fourth-order valence-electron chi connectivity index (χ4n) is 1.33. The SMILES string of the molecule is N=C(N)c1cncn1-c1ccccc1F. The Morgan fingerprint density at radius 1 is 1.40 bits per heavy atom. The van der Waals surface area contributed by atoms with Gasteiger partial charge in [0, 0.05) is 0 Å². The number of halogens is 1. The van der Waals surface area contributed by atoms with Gasteiger partial charge in [-0.3, -0.25) is 9.98 Å². The monoisotopic (exact) mass is 204 g/mol. The van der Waals surface area contributed by atoms with Crippen LogP contribution in [0.3, 0.4) is 0 Å². The molecule has 0 aliphatic rings. The van der Waals surface area contributed by atoms with Crippen molar-refractivity contribution in [1.82, 2.24) is 9.55 Å². The standard InChI is InChI=1S/C10H9FN4/c11-7-3-1-2-4-8(7)15-6-14-5-9(15)10(12)13/h1-6H,(H3,12,13). The summed E-state index contributed by atoms with van der Waals surface area (Å²) in [7, 11) is 0. The van der Waals surface area contributed by atoms with Crippen molar-refractivity contribution in [1.29, 1.82) is 5.41 Å². The fraction of sp³-hybridized carbons (Fsp3) is 0. The normalized spacial score (nSPS) is 10.2. The van der Waals surface area contributed by atoms with E-state index in [4.69, 9.17) is 11.1 Å². The van der Waals surface area contributed by atoms with Crippen LogP contribution in [0, 0.1) is 11.2 Å². The lowest BCUT2D eigenvalue weighted by molar-refractivity contribution is 0.617. The summed E-state index contributed by atoms with van der Waals surface area (Å²) < 4.78 is 14.9. The molecule has 3 N–H and O–H groups in total. The highest BCUT2D eigenvalue weighted by Gasteiger charge is 2.09. The van der Waals surface area contributed by atoms with Crippen molar-refractivity contribution in [3.05, 3.63) is 48.3 Å². The predicted octanol–water partition coefficient (Wildman–Crippen LogP) is 1.30. The largest absolute Gasteiger partial charge is 0.382 e. The van der Waals surface area contributed by atoms with Gasteiger partial charge in [0.2, 0.25) is 0 Å². The minimum absolute atomic E-state index is 0.143. The van der Waals surface area contributed by atoms with Gasteiger partial charge < -0.3 is 5.73 Å². The summed E-state index contributed by atoms with van der Waals surface area (Å²) >= 11 is 0. The van der Waals surface area contributed by atoms with Crippen LogP contribution in [0.4, 0.5) is 4.39 Å². The quantitative estimate of drug-likeness (QED) is 0.571. The van der Waals surface area contributed by atoms with E-state index < -0.39 is 0 Å². The van der Waals surface area contributed by atoms with Gasteiger partial charge >= 0.3 is 0 Å². The maximum Gasteiger partial charge on any atom is 0.147 e. The van der Waals surface area contributed by atoms with Crippen LogP contribution >= 0.6 is 0 Å². The molecular weight excluding hydrogens is 195 g/mol. The van der Waals surface area contributed by atoms with Gasteiger partial charge in [-0.25, -0.2) is 9.37 Å². The molecule has 0 aliphatic carbocycles. The minimum atomic E-state index is -0.377. The van der Waals surface area contributed by atoms with E-state index in [1.54, 1.807) is 18.2 Å². The number of para-hydroxylation sites is 1. The van der Waals surface area contributed by atoms with Crippen LogP contribution in [0.25, 0.3) is 5.69 Å². The third kappa shape index (κ3) is 1.59. The number of nitrogens with zero attached hydrogens (tertiary/aromatic N) is 2. The van der Waals surface area contributed by atoms with Crippen molar-refractivity contribution < 1.29 is 4.39 Å². The molecule has 0 spiro atoms. The van der Waals surface area contributed by atoms with Crippen molar-refractivity contribution >= 4 is 5.84 Å². The van der Waals surface area contributed by atoms with Crippen LogP contribution in [0.5, 0.6) is 0 Å². The van der Waals surface area contributed by atoms with Crippen LogP contribution < -0.4 is 5.73 Å². The summed E-state index contributed by atoms with van der Waals surface area (Å²) in [6, 6.07) is 6.26. The van der Waals surface area contributed by atoms with Gasteiger partial charge in [-0.2, -0.15) is 0 Å². The average Bonchev–Trinajstić information content (AvgIpc) is 2.67. The number of nitrogen functional groups attached to an aromatic ring is 1. The molecule has 0 fully saturated rings. The smallest absolute Gasteiger partial charge is 0.147 e. The summed E-state index contributed by atoms with van der Waals surface area (Å²) in [6.07, 6.45) is 2.85. The van der Waals surface area contributed by atoms with E-state index in [0.717, 1.165) is 0 Å². The van der Waals surface area contributed by atoms with E-state index in [-0.39, 0.29) is 11.7 Å². The van der Waals surface area contributed by atoms with Gasteiger partial charge in [-0.05, 0) is 12.1 Å². The highest BCUT2D eigenvalue weighted by molar-refractivity contribution is 5.93. The van der Waals surface area contributed by atoms with E-state index in [0.29, 0.717) is 11.4 Å². The van der Waals surface area contributed by atoms with Crippen LogP contribution in [0.2, 0.25) is 0 Å². The van der Waals surface area contributed by atoms with Crippen molar-refractivity contribution in [2.24, 2.45) is 5.73 Å². The first-order chi connectivity index (χ1) is 7.20. The van der Waals surface area contributed by atoms with Crippen molar-refractivity contribution in [3.8, 4) is 5.69 Å². The third-order valence-electron chi connectivity index (χ3n) is 2.03. The first-order valence-electron chi connectivity index (χ1n) is 4.32. The first-order valence-corrected chi connectivity index (χ1v) is 4.32. The molecule has 0 amide bonds. The summed E-state index contributed by atoms with van der Waals surface area (Å²) in [5, 5.41) is 7.31. The lowest BCUT2D eigenvalue weighted by Crippen LogP contribution is -2.16. The molecule has 0 bridgehead atoms. The van der Waals surface area contributed by atoms with Crippen LogP contribution in [-0.4, -0.2) is 15.4 Å². The Morgan fingerprint density at radius 3 is 2.80 bits per heavy atom. The molecule has 5 heteroatoms. The Kier molecular flexibility index (Phi) is 2.21. The molecule has 0 radical (unpaired) electrons. The van der Waals surface area contributed by atoms with Gasteiger partial charge in [0.15, 0.2) is 0 Å². The lowest BCUT2D eigenvalue weighted by Gasteiger charge is -2.07. The van der Waals surface area contributed by atoms with Crippen molar-refractivity contribution in [2.75, 3.05) is 0 Å². The second-order valence-corrected chi connectivity index (χ2v) is 3.01. The molecule has 0 unspecified atom stereocenters. The number of nitrogens with two attached hydrogens (primary N) is 1. The van der Waals surface area contributed by atoms with Gasteiger partial charge in [0.1, 0.15) is 17.3 Å².